The number of aliphatic hydroxyl groups is 1. The van der Waals surface area contributed by atoms with Crippen molar-refractivity contribution in [2.45, 2.75) is 6.61 Å². The van der Waals surface area contributed by atoms with Crippen molar-refractivity contribution in [1.29, 1.82) is 0 Å². The highest BCUT2D eigenvalue weighted by molar-refractivity contribution is 6.30. The minimum Gasteiger partial charge on any atom is -0.497 e. The lowest BCUT2D eigenvalue weighted by Gasteiger charge is -2.09. The Bertz CT molecular complexity index is 860. The predicted octanol–water partition coefficient (Wildman–Crippen LogP) is 4.17. The fourth-order valence-electron chi connectivity index (χ4n) is 2.52. The lowest BCUT2D eigenvalue weighted by atomic mass is 10.0. The lowest BCUT2D eigenvalue weighted by molar-refractivity contribution is 0.281. The van der Waals surface area contributed by atoms with E-state index in [2.05, 4.69) is 5.16 Å². The van der Waals surface area contributed by atoms with Crippen molar-refractivity contribution >= 4 is 11.6 Å². The summed E-state index contributed by atoms with van der Waals surface area (Å²) in [6.45, 7) is -0.226. The molecule has 3 rings (SSSR count). The van der Waals surface area contributed by atoms with Gasteiger partial charge in [0.2, 0.25) is 0 Å². The van der Waals surface area contributed by atoms with Crippen molar-refractivity contribution in [3.8, 4) is 34.1 Å². The van der Waals surface area contributed by atoms with Crippen molar-refractivity contribution in [3.05, 3.63) is 53.1 Å². The second-order valence-corrected chi connectivity index (χ2v) is 5.51. The van der Waals surface area contributed by atoms with Gasteiger partial charge in [-0.2, -0.15) is 0 Å². The van der Waals surface area contributed by atoms with Gasteiger partial charge in [-0.3, -0.25) is 0 Å². The Labute approximate surface area is 144 Å². The zero-order chi connectivity index (χ0) is 17.1. The van der Waals surface area contributed by atoms with Gasteiger partial charge in [0, 0.05) is 16.7 Å². The van der Waals surface area contributed by atoms with Gasteiger partial charge in [-0.1, -0.05) is 28.9 Å². The van der Waals surface area contributed by atoms with Gasteiger partial charge in [-0.15, -0.1) is 0 Å². The molecule has 0 radical (unpaired) electrons. The predicted molar refractivity (Wildman–Crippen MR) is 91.4 cm³/mol. The van der Waals surface area contributed by atoms with Gasteiger partial charge in [-0.25, -0.2) is 0 Å². The van der Waals surface area contributed by atoms with E-state index in [1.807, 2.05) is 12.1 Å². The van der Waals surface area contributed by atoms with E-state index >= 15 is 0 Å². The van der Waals surface area contributed by atoms with E-state index in [-0.39, 0.29) is 6.61 Å². The van der Waals surface area contributed by atoms with Gasteiger partial charge in [-0.05, 0) is 24.3 Å². The van der Waals surface area contributed by atoms with Crippen molar-refractivity contribution < 1.29 is 19.1 Å². The number of benzene rings is 2. The van der Waals surface area contributed by atoms with Gasteiger partial charge in [0.05, 0.1) is 32.0 Å². The molecule has 0 amide bonds. The molecule has 0 spiro atoms. The fourth-order valence-corrected chi connectivity index (χ4v) is 2.71. The van der Waals surface area contributed by atoms with Crippen LogP contribution in [0, 0.1) is 0 Å². The lowest BCUT2D eigenvalue weighted by Crippen LogP contribution is -1.93. The average Bonchev–Trinajstić information content (AvgIpc) is 3.04. The van der Waals surface area contributed by atoms with Crippen molar-refractivity contribution in [3.63, 3.8) is 0 Å². The Balaban J connectivity index is 2.14. The SMILES string of the molecule is COc1ccc(-c2onc(-c3cccc(Cl)c3)c2CO)c(OC)c1. The molecule has 0 bridgehead atoms. The molecule has 0 aliphatic carbocycles. The number of nitrogens with zero attached hydrogens (tertiary/aromatic N) is 1. The molecule has 0 saturated heterocycles. The number of hydrogen-bond acceptors (Lipinski definition) is 5. The third-order valence-corrected chi connectivity index (χ3v) is 3.93. The number of aliphatic hydroxyl groups excluding tert-OH is 1. The first-order valence-corrected chi connectivity index (χ1v) is 7.63. The van der Waals surface area contributed by atoms with Crippen LogP contribution in [-0.4, -0.2) is 24.5 Å². The Kier molecular flexibility index (Phi) is 4.74. The number of ether oxygens (including phenoxy) is 2. The van der Waals surface area contributed by atoms with Crippen molar-refractivity contribution in [1.82, 2.24) is 5.16 Å². The minimum absolute atomic E-state index is 0.226. The zero-order valence-corrected chi connectivity index (χ0v) is 14.0. The van der Waals surface area contributed by atoms with E-state index in [9.17, 15) is 5.11 Å². The maximum Gasteiger partial charge on any atom is 0.176 e. The van der Waals surface area contributed by atoms with Crippen molar-refractivity contribution in [2.75, 3.05) is 14.2 Å². The monoisotopic (exact) mass is 345 g/mol. The number of hydrogen-bond donors (Lipinski definition) is 1. The zero-order valence-electron chi connectivity index (χ0n) is 13.2. The number of halogens is 1. The van der Waals surface area contributed by atoms with Crippen LogP contribution in [0.1, 0.15) is 5.56 Å². The Morgan fingerprint density at radius 1 is 1.12 bits per heavy atom. The summed E-state index contributed by atoms with van der Waals surface area (Å²) in [6, 6.07) is 12.6. The van der Waals surface area contributed by atoms with Gasteiger partial charge >= 0.3 is 0 Å². The molecular weight excluding hydrogens is 330 g/mol. The molecule has 2 aromatic carbocycles. The van der Waals surface area contributed by atoms with Crippen LogP contribution in [0.2, 0.25) is 5.02 Å². The minimum atomic E-state index is -0.226. The molecule has 0 atom stereocenters. The summed E-state index contributed by atoms with van der Waals surface area (Å²) >= 11 is 6.04. The van der Waals surface area contributed by atoms with E-state index in [0.29, 0.717) is 39.1 Å². The van der Waals surface area contributed by atoms with Crippen LogP contribution < -0.4 is 9.47 Å². The highest BCUT2D eigenvalue weighted by Crippen LogP contribution is 2.39. The number of methoxy groups -OCH3 is 2. The third-order valence-electron chi connectivity index (χ3n) is 3.70. The normalized spacial score (nSPS) is 10.7. The molecule has 0 aliphatic rings. The molecular formula is C18H16ClNO4. The highest BCUT2D eigenvalue weighted by Gasteiger charge is 2.21. The second kappa shape index (κ2) is 6.95. The summed E-state index contributed by atoms with van der Waals surface area (Å²) in [5.41, 5.74) is 2.57. The summed E-state index contributed by atoms with van der Waals surface area (Å²) in [6.07, 6.45) is 0. The summed E-state index contributed by atoms with van der Waals surface area (Å²) in [5.74, 6) is 1.68. The largest absolute Gasteiger partial charge is 0.497 e. The Hall–Kier alpha value is -2.50. The Morgan fingerprint density at radius 3 is 2.62 bits per heavy atom. The maximum absolute atomic E-state index is 9.85. The molecule has 3 aromatic rings. The number of aromatic nitrogens is 1. The summed E-state index contributed by atoms with van der Waals surface area (Å²) in [7, 11) is 3.14. The quantitative estimate of drug-likeness (QED) is 0.751. The van der Waals surface area contributed by atoms with Crippen LogP contribution in [-0.2, 0) is 6.61 Å². The van der Waals surface area contributed by atoms with Crippen LogP contribution in [0.4, 0.5) is 0 Å². The van der Waals surface area contributed by atoms with E-state index in [1.165, 1.54) is 0 Å². The van der Waals surface area contributed by atoms with E-state index < -0.39 is 0 Å². The Morgan fingerprint density at radius 2 is 1.96 bits per heavy atom. The smallest absolute Gasteiger partial charge is 0.176 e. The first kappa shape index (κ1) is 16.4. The van der Waals surface area contributed by atoms with Crippen molar-refractivity contribution in [2.24, 2.45) is 0 Å². The second-order valence-electron chi connectivity index (χ2n) is 5.07. The van der Waals surface area contributed by atoms with Crippen LogP contribution >= 0.6 is 11.6 Å². The molecule has 1 N–H and O–H groups in total. The van der Waals surface area contributed by atoms with Gasteiger partial charge < -0.3 is 19.1 Å². The maximum atomic E-state index is 9.85. The molecule has 0 fully saturated rings. The fraction of sp³-hybridized carbons (Fsp3) is 0.167. The molecule has 1 heterocycles. The summed E-state index contributed by atoms with van der Waals surface area (Å²) in [4.78, 5) is 0. The van der Waals surface area contributed by atoms with Crippen LogP contribution in [0.3, 0.4) is 0 Å². The first-order chi connectivity index (χ1) is 11.7. The van der Waals surface area contributed by atoms with Crippen LogP contribution in [0.15, 0.2) is 47.0 Å². The first-order valence-electron chi connectivity index (χ1n) is 7.25. The van der Waals surface area contributed by atoms with Gasteiger partial charge in [0.15, 0.2) is 5.76 Å². The molecule has 1 aromatic heterocycles. The van der Waals surface area contributed by atoms with Crippen LogP contribution in [0.25, 0.3) is 22.6 Å². The molecule has 0 aliphatic heterocycles. The van der Waals surface area contributed by atoms with Gasteiger partial charge in [0.1, 0.15) is 17.2 Å². The van der Waals surface area contributed by atoms with Crippen LogP contribution in [0.5, 0.6) is 11.5 Å². The molecule has 24 heavy (non-hydrogen) atoms. The van der Waals surface area contributed by atoms with Gasteiger partial charge in [0.25, 0.3) is 0 Å². The molecule has 124 valence electrons. The highest BCUT2D eigenvalue weighted by atomic mass is 35.5. The standard InChI is InChI=1S/C18H16ClNO4/c1-22-13-6-7-14(16(9-13)23-2)18-15(10-21)17(20-24-18)11-4-3-5-12(19)8-11/h3-9,21H,10H2,1-2H3. The molecule has 0 saturated carbocycles. The molecule has 5 nitrogen and oxygen atoms in total. The average molecular weight is 346 g/mol. The summed E-state index contributed by atoms with van der Waals surface area (Å²) < 4.78 is 16.1. The van der Waals surface area contributed by atoms with E-state index in [4.69, 9.17) is 25.6 Å². The molecule has 6 heteroatoms. The summed E-state index contributed by atoms with van der Waals surface area (Å²) in [5, 5.41) is 14.5. The molecule has 0 unspecified atom stereocenters. The van der Waals surface area contributed by atoms with E-state index in [1.54, 1.807) is 44.6 Å². The number of rotatable bonds is 5. The third kappa shape index (κ3) is 2.96. The topological polar surface area (TPSA) is 64.7 Å². The van der Waals surface area contributed by atoms with E-state index in [0.717, 1.165) is 5.56 Å².